The van der Waals surface area contributed by atoms with Gasteiger partial charge in [-0.25, -0.2) is 0 Å². The SMILES string of the molecule is CN=C(NCc1cccc(C(F)(F)F)c1)NCC1CCN(CCOC)CC1. The summed E-state index contributed by atoms with van der Waals surface area (Å²) >= 11 is 0. The summed E-state index contributed by atoms with van der Waals surface area (Å²) in [6.07, 6.45) is -2.10. The fourth-order valence-electron chi connectivity index (χ4n) is 3.14. The number of halogens is 3. The van der Waals surface area contributed by atoms with E-state index in [-0.39, 0.29) is 0 Å². The van der Waals surface area contributed by atoms with Crippen LogP contribution in [0.4, 0.5) is 13.2 Å². The summed E-state index contributed by atoms with van der Waals surface area (Å²) in [5.74, 6) is 1.17. The van der Waals surface area contributed by atoms with Crippen molar-refractivity contribution in [2.45, 2.75) is 25.6 Å². The monoisotopic (exact) mass is 386 g/mol. The van der Waals surface area contributed by atoms with Crippen LogP contribution in [0.25, 0.3) is 0 Å². The van der Waals surface area contributed by atoms with E-state index in [0.29, 0.717) is 24.0 Å². The molecule has 5 nitrogen and oxygen atoms in total. The third kappa shape index (κ3) is 7.38. The third-order valence-corrected chi connectivity index (χ3v) is 4.81. The number of methoxy groups -OCH3 is 1. The second-order valence-corrected chi connectivity index (χ2v) is 6.78. The smallest absolute Gasteiger partial charge is 0.383 e. The first kappa shape index (κ1) is 21.5. The number of rotatable bonds is 7. The van der Waals surface area contributed by atoms with E-state index in [9.17, 15) is 13.2 Å². The van der Waals surface area contributed by atoms with Crippen LogP contribution in [-0.2, 0) is 17.5 Å². The van der Waals surface area contributed by atoms with E-state index < -0.39 is 11.7 Å². The Labute approximate surface area is 159 Å². The number of benzene rings is 1. The van der Waals surface area contributed by atoms with Crippen molar-refractivity contribution in [1.82, 2.24) is 15.5 Å². The highest BCUT2D eigenvalue weighted by Gasteiger charge is 2.30. The molecule has 0 bridgehead atoms. The van der Waals surface area contributed by atoms with Gasteiger partial charge in [0.15, 0.2) is 5.96 Å². The lowest BCUT2D eigenvalue weighted by atomic mass is 9.97. The van der Waals surface area contributed by atoms with Crippen molar-refractivity contribution in [2.75, 3.05) is 46.9 Å². The molecule has 1 aliphatic heterocycles. The Morgan fingerprint density at radius 1 is 1.26 bits per heavy atom. The number of nitrogens with one attached hydrogen (secondary N) is 2. The first-order valence-corrected chi connectivity index (χ1v) is 9.24. The van der Waals surface area contributed by atoms with Crippen LogP contribution in [0.5, 0.6) is 0 Å². The Balaban J connectivity index is 1.74. The topological polar surface area (TPSA) is 48.9 Å². The first-order chi connectivity index (χ1) is 12.9. The van der Waals surface area contributed by atoms with Crippen molar-refractivity contribution in [3.05, 3.63) is 35.4 Å². The molecular formula is C19H29F3N4O. The number of aliphatic imine (C=N–C) groups is 1. The maximum absolute atomic E-state index is 12.8. The zero-order valence-electron chi connectivity index (χ0n) is 16.0. The summed E-state index contributed by atoms with van der Waals surface area (Å²) in [5.41, 5.74) is -0.0656. The molecular weight excluding hydrogens is 357 g/mol. The third-order valence-electron chi connectivity index (χ3n) is 4.81. The highest BCUT2D eigenvalue weighted by atomic mass is 19.4. The summed E-state index contributed by atoms with van der Waals surface area (Å²) in [6.45, 7) is 4.95. The van der Waals surface area contributed by atoms with E-state index in [1.165, 1.54) is 6.07 Å². The van der Waals surface area contributed by atoms with E-state index in [4.69, 9.17) is 4.74 Å². The average Bonchev–Trinajstić information content (AvgIpc) is 2.67. The van der Waals surface area contributed by atoms with Crippen LogP contribution in [0.15, 0.2) is 29.3 Å². The molecule has 1 heterocycles. The van der Waals surface area contributed by atoms with E-state index in [0.717, 1.165) is 57.8 Å². The van der Waals surface area contributed by atoms with Crippen LogP contribution in [0.3, 0.4) is 0 Å². The lowest BCUT2D eigenvalue weighted by Crippen LogP contribution is -2.43. The van der Waals surface area contributed by atoms with Crippen LogP contribution in [0.2, 0.25) is 0 Å². The van der Waals surface area contributed by atoms with Crippen molar-refractivity contribution in [2.24, 2.45) is 10.9 Å². The number of guanidine groups is 1. The van der Waals surface area contributed by atoms with Crippen molar-refractivity contribution in [3.63, 3.8) is 0 Å². The Kier molecular flexibility index (Phi) is 8.37. The van der Waals surface area contributed by atoms with Gasteiger partial charge in [-0.1, -0.05) is 12.1 Å². The van der Waals surface area contributed by atoms with Crippen molar-refractivity contribution >= 4 is 5.96 Å². The molecule has 0 radical (unpaired) electrons. The zero-order valence-corrected chi connectivity index (χ0v) is 16.0. The second kappa shape index (κ2) is 10.5. The maximum atomic E-state index is 12.8. The Hall–Kier alpha value is -1.80. The number of hydrogen-bond donors (Lipinski definition) is 2. The Bertz CT molecular complexity index is 599. The molecule has 1 aromatic rings. The van der Waals surface area contributed by atoms with Crippen LogP contribution in [0, 0.1) is 5.92 Å². The van der Waals surface area contributed by atoms with Gasteiger partial charge in [-0.3, -0.25) is 4.99 Å². The molecule has 8 heteroatoms. The molecule has 0 atom stereocenters. The highest BCUT2D eigenvalue weighted by Crippen LogP contribution is 2.29. The molecule has 152 valence electrons. The van der Waals surface area contributed by atoms with E-state index in [1.54, 1.807) is 20.2 Å². The van der Waals surface area contributed by atoms with Gasteiger partial charge in [0, 0.05) is 33.8 Å². The van der Waals surface area contributed by atoms with Crippen LogP contribution in [-0.4, -0.2) is 57.8 Å². The van der Waals surface area contributed by atoms with Crippen molar-refractivity contribution in [1.29, 1.82) is 0 Å². The predicted octanol–water partition coefficient (Wildman–Crippen LogP) is 2.73. The van der Waals surface area contributed by atoms with Crippen molar-refractivity contribution < 1.29 is 17.9 Å². The first-order valence-electron chi connectivity index (χ1n) is 9.24. The summed E-state index contributed by atoms with van der Waals surface area (Å²) in [7, 11) is 3.38. The normalized spacial score (nSPS) is 17.1. The summed E-state index contributed by atoms with van der Waals surface area (Å²) in [5, 5.41) is 6.37. The number of piperidine rings is 1. The number of alkyl halides is 3. The summed E-state index contributed by atoms with van der Waals surface area (Å²) < 4.78 is 43.5. The Morgan fingerprint density at radius 2 is 2.00 bits per heavy atom. The molecule has 0 aliphatic carbocycles. The van der Waals surface area contributed by atoms with Gasteiger partial charge in [0.25, 0.3) is 0 Å². The molecule has 1 aromatic carbocycles. The number of hydrogen-bond acceptors (Lipinski definition) is 3. The van der Waals surface area contributed by atoms with Gasteiger partial charge in [-0.15, -0.1) is 0 Å². The minimum Gasteiger partial charge on any atom is -0.383 e. The number of likely N-dealkylation sites (tertiary alicyclic amines) is 1. The van der Waals surface area contributed by atoms with Crippen LogP contribution in [0.1, 0.15) is 24.0 Å². The largest absolute Gasteiger partial charge is 0.416 e. The fourth-order valence-corrected chi connectivity index (χ4v) is 3.14. The van der Waals surface area contributed by atoms with E-state index >= 15 is 0 Å². The molecule has 27 heavy (non-hydrogen) atoms. The van der Waals surface area contributed by atoms with Crippen molar-refractivity contribution in [3.8, 4) is 0 Å². The molecule has 1 saturated heterocycles. The molecule has 1 aliphatic rings. The summed E-state index contributed by atoms with van der Waals surface area (Å²) in [4.78, 5) is 6.56. The van der Waals surface area contributed by atoms with Gasteiger partial charge >= 0.3 is 6.18 Å². The molecule has 2 rings (SSSR count). The number of ether oxygens (including phenoxy) is 1. The standard InChI is InChI=1S/C19H29F3N4O/c1-23-18(24-13-15-6-8-26(9-7-15)10-11-27-2)25-14-16-4-3-5-17(12-16)19(20,21)22/h3-5,12,15H,6-11,13-14H2,1-2H3,(H2,23,24,25). The molecule has 1 fully saturated rings. The van der Waals surface area contributed by atoms with Gasteiger partial charge in [-0.2, -0.15) is 13.2 Å². The Morgan fingerprint density at radius 3 is 2.63 bits per heavy atom. The van der Waals surface area contributed by atoms with E-state index in [2.05, 4.69) is 20.5 Å². The van der Waals surface area contributed by atoms with Crippen LogP contribution < -0.4 is 10.6 Å². The second-order valence-electron chi connectivity index (χ2n) is 6.78. The average molecular weight is 386 g/mol. The highest BCUT2D eigenvalue weighted by molar-refractivity contribution is 5.79. The minimum atomic E-state index is -4.33. The lowest BCUT2D eigenvalue weighted by molar-refractivity contribution is -0.137. The molecule has 0 unspecified atom stereocenters. The fraction of sp³-hybridized carbons (Fsp3) is 0.632. The van der Waals surface area contributed by atoms with E-state index in [1.807, 2.05) is 0 Å². The molecule has 0 aromatic heterocycles. The molecule has 0 amide bonds. The quantitative estimate of drug-likeness (QED) is 0.559. The summed E-state index contributed by atoms with van der Waals surface area (Å²) in [6, 6.07) is 5.34. The van der Waals surface area contributed by atoms with Gasteiger partial charge in [0.1, 0.15) is 0 Å². The van der Waals surface area contributed by atoms with Gasteiger partial charge < -0.3 is 20.3 Å². The number of nitrogens with zero attached hydrogens (tertiary/aromatic N) is 2. The molecule has 0 saturated carbocycles. The van der Waals surface area contributed by atoms with Gasteiger partial charge in [0.2, 0.25) is 0 Å². The lowest BCUT2D eigenvalue weighted by Gasteiger charge is -2.32. The van der Waals surface area contributed by atoms with Crippen LogP contribution >= 0.6 is 0 Å². The van der Waals surface area contributed by atoms with Gasteiger partial charge in [0.05, 0.1) is 12.2 Å². The molecule has 2 N–H and O–H groups in total. The van der Waals surface area contributed by atoms with Gasteiger partial charge in [-0.05, 0) is 49.5 Å². The zero-order chi connectivity index (χ0) is 19.7. The predicted molar refractivity (Wildman–Crippen MR) is 101 cm³/mol. The maximum Gasteiger partial charge on any atom is 0.416 e. The molecule has 0 spiro atoms. The minimum absolute atomic E-state index is 0.291.